The lowest BCUT2D eigenvalue weighted by atomic mass is 10.1. The van der Waals surface area contributed by atoms with Crippen molar-refractivity contribution >= 4 is 28.6 Å². The molecule has 136 valence electrons. The second kappa shape index (κ2) is 7.14. The van der Waals surface area contributed by atoms with Crippen LogP contribution in [0.2, 0.25) is 5.02 Å². The Kier molecular flexibility index (Phi) is 4.71. The lowest BCUT2D eigenvalue weighted by Gasteiger charge is -2.27. The van der Waals surface area contributed by atoms with E-state index in [9.17, 15) is 9.50 Å². The summed E-state index contributed by atoms with van der Waals surface area (Å²) in [4.78, 5) is 15.2. The molecule has 1 saturated heterocycles. The van der Waals surface area contributed by atoms with Crippen LogP contribution in [-0.4, -0.2) is 50.9 Å². The van der Waals surface area contributed by atoms with E-state index in [-0.39, 0.29) is 11.6 Å². The Morgan fingerprint density at radius 2 is 2.04 bits per heavy atom. The zero-order valence-electron chi connectivity index (χ0n) is 13.8. The van der Waals surface area contributed by atoms with Crippen molar-refractivity contribution in [2.75, 3.05) is 31.2 Å². The van der Waals surface area contributed by atoms with Crippen LogP contribution in [0.15, 0.2) is 30.9 Å². The topological polar surface area (TPSA) is 76.3 Å². The Balaban J connectivity index is 1.63. The fraction of sp³-hybridized carbons (Fsp3) is 0.353. The number of aromatic nitrogens is 4. The molecule has 4 rings (SSSR count). The molecular weight excluding hydrogens is 361 g/mol. The summed E-state index contributed by atoms with van der Waals surface area (Å²) >= 11 is 6.04. The number of rotatable bonds is 4. The molecule has 7 nitrogen and oxygen atoms in total. The number of aliphatic hydroxyl groups is 1. The number of imidazole rings is 1. The summed E-state index contributed by atoms with van der Waals surface area (Å²) in [5, 5.41) is 10.7. The zero-order chi connectivity index (χ0) is 18.1. The molecule has 3 aromatic rings. The predicted octanol–water partition coefficient (Wildman–Crippen LogP) is 2.19. The van der Waals surface area contributed by atoms with Crippen molar-refractivity contribution in [1.29, 1.82) is 0 Å². The molecule has 1 N–H and O–H groups in total. The van der Waals surface area contributed by atoms with E-state index in [1.165, 1.54) is 24.5 Å². The molecule has 0 spiro atoms. The maximum Gasteiger partial charge on any atom is 0.165 e. The quantitative estimate of drug-likeness (QED) is 0.751. The first kappa shape index (κ1) is 17.1. The average molecular weight is 378 g/mol. The Morgan fingerprint density at radius 3 is 2.81 bits per heavy atom. The minimum Gasteiger partial charge on any atom is -0.386 e. The van der Waals surface area contributed by atoms with E-state index in [1.54, 1.807) is 10.9 Å². The minimum absolute atomic E-state index is 0.186. The molecule has 1 fully saturated rings. The van der Waals surface area contributed by atoms with E-state index in [2.05, 4.69) is 19.9 Å². The first-order valence-corrected chi connectivity index (χ1v) is 8.63. The number of nitrogens with zero attached hydrogens (tertiary/aromatic N) is 5. The Labute approximate surface area is 154 Å². The standard InChI is InChI=1S/C17H17ClFN5O2/c18-13-7-11(19)1-2-12(13)14(25)8-24-10-22-15-16(20-9-21-17(15)24)23-3-5-26-6-4-23/h1-2,7,9-10,14,25H,3-6,8H2. The molecule has 1 aliphatic rings. The molecule has 2 aromatic heterocycles. The van der Waals surface area contributed by atoms with Gasteiger partial charge in [-0.3, -0.25) is 0 Å². The SMILES string of the molecule is OC(Cn1cnc2c(N3CCOCC3)ncnc21)c1ccc(F)cc1Cl. The average Bonchev–Trinajstić information content (AvgIpc) is 3.05. The first-order chi connectivity index (χ1) is 12.6. The van der Waals surface area contributed by atoms with Crippen molar-refractivity contribution in [1.82, 2.24) is 19.5 Å². The van der Waals surface area contributed by atoms with E-state index < -0.39 is 11.9 Å². The van der Waals surface area contributed by atoms with Crippen molar-refractivity contribution in [3.8, 4) is 0 Å². The maximum absolute atomic E-state index is 13.2. The third-order valence-corrected chi connectivity index (χ3v) is 4.71. The normalized spacial score (nSPS) is 16.2. The highest BCUT2D eigenvalue weighted by Crippen LogP contribution is 2.27. The Morgan fingerprint density at radius 1 is 1.23 bits per heavy atom. The maximum atomic E-state index is 13.2. The van der Waals surface area contributed by atoms with E-state index in [1.807, 2.05) is 0 Å². The highest BCUT2D eigenvalue weighted by Gasteiger charge is 2.20. The fourth-order valence-electron chi connectivity index (χ4n) is 3.06. The van der Waals surface area contributed by atoms with Gasteiger partial charge in [0.05, 0.1) is 32.2 Å². The number of hydrogen-bond acceptors (Lipinski definition) is 6. The summed E-state index contributed by atoms with van der Waals surface area (Å²) in [7, 11) is 0. The van der Waals surface area contributed by atoms with Crippen molar-refractivity contribution in [3.05, 3.63) is 47.3 Å². The van der Waals surface area contributed by atoms with Crippen LogP contribution < -0.4 is 4.90 Å². The first-order valence-electron chi connectivity index (χ1n) is 8.25. The number of ether oxygens (including phenoxy) is 1. The van der Waals surface area contributed by atoms with E-state index in [0.717, 1.165) is 18.9 Å². The van der Waals surface area contributed by atoms with Crippen LogP contribution in [0.3, 0.4) is 0 Å². The van der Waals surface area contributed by atoms with Gasteiger partial charge in [0.2, 0.25) is 0 Å². The van der Waals surface area contributed by atoms with Crippen LogP contribution in [-0.2, 0) is 11.3 Å². The molecule has 1 aliphatic heterocycles. The van der Waals surface area contributed by atoms with Crippen LogP contribution in [0.25, 0.3) is 11.2 Å². The number of aliphatic hydroxyl groups excluding tert-OH is 1. The second-order valence-electron chi connectivity index (χ2n) is 6.05. The molecule has 0 amide bonds. The van der Waals surface area contributed by atoms with E-state index >= 15 is 0 Å². The van der Waals surface area contributed by atoms with Crippen LogP contribution in [0, 0.1) is 5.82 Å². The molecule has 0 radical (unpaired) electrons. The highest BCUT2D eigenvalue weighted by molar-refractivity contribution is 6.31. The predicted molar refractivity (Wildman–Crippen MR) is 94.7 cm³/mol. The van der Waals surface area contributed by atoms with Gasteiger partial charge in [-0.1, -0.05) is 17.7 Å². The minimum atomic E-state index is -0.915. The molecule has 1 aromatic carbocycles. The van der Waals surface area contributed by atoms with Crippen molar-refractivity contribution in [2.24, 2.45) is 0 Å². The summed E-state index contributed by atoms with van der Waals surface area (Å²) < 4.78 is 20.3. The van der Waals surface area contributed by atoms with Gasteiger partial charge in [-0.15, -0.1) is 0 Å². The van der Waals surface area contributed by atoms with E-state index in [4.69, 9.17) is 16.3 Å². The number of benzene rings is 1. The molecule has 9 heteroatoms. The second-order valence-corrected chi connectivity index (χ2v) is 6.45. The van der Waals surface area contributed by atoms with Gasteiger partial charge in [-0.05, 0) is 12.1 Å². The van der Waals surface area contributed by atoms with Gasteiger partial charge in [0.1, 0.15) is 12.1 Å². The van der Waals surface area contributed by atoms with Gasteiger partial charge in [-0.25, -0.2) is 19.3 Å². The highest BCUT2D eigenvalue weighted by atomic mass is 35.5. The van der Waals surface area contributed by atoms with Gasteiger partial charge in [0, 0.05) is 23.7 Å². The summed E-state index contributed by atoms with van der Waals surface area (Å²) in [5.41, 5.74) is 1.75. The van der Waals surface area contributed by atoms with Gasteiger partial charge in [-0.2, -0.15) is 0 Å². The number of fused-ring (bicyclic) bond motifs is 1. The van der Waals surface area contributed by atoms with Gasteiger partial charge >= 0.3 is 0 Å². The Bertz CT molecular complexity index is 929. The molecule has 0 saturated carbocycles. The lowest BCUT2D eigenvalue weighted by Crippen LogP contribution is -2.37. The van der Waals surface area contributed by atoms with Crippen molar-refractivity contribution < 1.29 is 14.2 Å². The summed E-state index contributed by atoms with van der Waals surface area (Å²) in [5.74, 6) is 0.313. The molecule has 3 heterocycles. The van der Waals surface area contributed by atoms with Crippen LogP contribution in [0.1, 0.15) is 11.7 Å². The van der Waals surface area contributed by atoms with Gasteiger partial charge in [0.25, 0.3) is 0 Å². The molecule has 0 aliphatic carbocycles. The Hall–Kier alpha value is -2.29. The fourth-order valence-corrected chi connectivity index (χ4v) is 3.36. The summed E-state index contributed by atoms with van der Waals surface area (Å²) in [6, 6.07) is 3.94. The smallest absolute Gasteiger partial charge is 0.165 e. The molecular formula is C17H17ClFN5O2. The van der Waals surface area contributed by atoms with Crippen molar-refractivity contribution in [3.63, 3.8) is 0 Å². The third-order valence-electron chi connectivity index (χ3n) is 4.38. The molecule has 26 heavy (non-hydrogen) atoms. The summed E-state index contributed by atoms with van der Waals surface area (Å²) in [6.07, 6.45) is 2.19. The summed E-state index contributed by atoms with van der Waals surface area (Å²) in [6.45, 7) is 2.98. The largest absolute Gasteiger partial charge is 0.386 e. The lowest BCUT2D eigenvalue weighted by molar-refractivity contribution is 0.122. The molecule has 1 atom stereocenters. The number of halogens is 2. The van der Waals surface area contributed by atoms with Gasteiger partial charge < -0.3 is 19.3 Å². The van der Waals surface area contributed by atoms with Crippen LogP contribution in [0.5, 0.6) is 0 Å². The zero-order valence-corrected chi connectivity index (χ0v) is 14.6. The van der Waals surface area contributed by atoms with Gasteiger partial charge in [0.15, 0.2) is 17.0 Å². The van der Waals surface area contributed by atoms with Crippen LogP contribution in [0.4, 0.5) is 10.2 Å². The number of anilines is 1. The molecule has 1 unspecified atom stereocenters. The number of hydrogen-bond donors (Lipinski definition) is 1. The number of morpholine rings is 1. The third kappa shape index (κ3) is 3.23. The van der Waals surface area contributed by atoms with E-state index in [0.29, 0.717) is 29.9 Å². The van der Waals surface area contributed by atoms with Crippen LogP contribution >= 0.6 is 11.6 Å². The monoisotopic (exact) mass is 377 g/mol. The molecule has 0 bridgehead atoms. The van der Waals surface area contributed by atoms with Crippen molar-refractivity contribution in [2.45, 2.75) is 12.6 Å².